The van der Waals surface area contributed by atoms with Crippen LogP contribution in [0.2, 0.25) is 0 Å². The second kappa shape index (κ2) is 17.6. The molecule has 0 aromatic heterocycles. The minimum atomic E-state index is 0. The van der Waals surface area contributed by atoms with Gasteiger partial charge in [0, 0.05) is 37.6 Å². The largest absolute Gasteiger partial charge is 2.00 e. The molecule has 3 nitrogen and oxygen atoms in total. The second-order valence-electron chi connectivity index (χ2n) is 9.85. The third-order valence-corrected chi connectivity index (χ3v) is 5.95. The molecule has 0 bridgehead atoms. The minimum Gasteiger partial charge on any atom is -1.00 e. The van der Waals surface area contributed by atoms with E-state index < -0.39 is 0 Å². The third kappa shape index (κ3) is 10.1. The number of nitrogens with one attached hydrogen (secondary N) is 3. The molecule has 0 heterocycles. The molecule has 3 N–H and O–H groups in total. The van der Waals surface area contributed by atoms with Gasteiger partial charge in [0.25, 0.3) is 0 Å². The number of hydrogen-bond acceptors (Lipinski definition) is 3. The molecule has 0 aliphatic heterocycles. The molecule has 195 valence electrons. The van der Waals surface area contributed by atoms with Gasteiger partial charge in [-0.2, -0.15) is 0 Å². The normalized spacial score (nSPS) is 10.7. The molecule has 0 aliphatic carbocycles. The van der Waals surface area contributed by atoms with Crippen LogP contribution in [0.1, 0.15) is 101 Å². The molecule has 2 aromatic carbocycles. The molecule has 34 heavy (non-hydrogen) atoms. The van der Waals surface area contributed by atoms with Gasteiger partial charge in [-0.3, -0.25) is 0 Å². The fraction of sp³-hybridized carbons (Fsp3) is 0.571. The Morgan fingerprint density at radius 3 is 1.00 bits per heavy atom. The molecule has 0 aliphatic rings. The number of benzene rings is 2. The van der Waals surface area contributed by atoms with Crippen LogP contribution in [-0.2, 0) is 20.1 Å². The number of hydrogen-bond donors (Lipinski definition) is 3. The first-order valence-corrected chi connectivity index (χ1v) is 12.2. The van der Waals surface area contributed by atoms with Crippen LogP contribution in [0.3, 0.4) is 0 Å². The van der Waals surface area contributed by atoms with Crippen molar-refractivity contribution >= 4 is 11.4 Å². The Kier molecular flexibility index (Phi) is 18.3. The maximum Gasteiger partial charge on any atom is 2.00 e. The zero-order valence-corrected chi connectivity index (χ0v) is 26.1. The first-order valence-electron chi connectivity index (χ1n) is 12.2. The first-order chi connectivity index (χ1) is 14.7. The van der Waals surface area contributed by atoms with Crippen LogP contribution in [0.4, 0.5) is 11.4 Å². The van der Waals surface area contributed by atoms with Crippen LogP contribution in [0.5, 0.6) is 0 Å². The van der Waals surface area contributed by atoms with Crippen molar-refractivity contribution in [1.29, 1.82) is 0 Å². The van der Waals surface area contributed by atoms with Gasteiger partial charge in [-0.25, -0.2) is 0 Å². The Bertz CT molecular complexity index is 703. The summed E-state index contributed by atoms with van der Waals surface area (Å²) in [5, 5.41) is 11.0. The minimum absolute atomic E-state index is 0. The third-order valence-electron chi connectivity index (χ3n) is 5.95. The summed E-state index contributed by atoms with van der Waals surface area (Å²) in [6.07, 6.45) is 0. The van der Waals surface area contributed by atoms with E-state index in [1.807, 2.05) is 0 Å². The maximum absolute atomic E-state index is 3.72. The van der Waals surface area contributed by atoms with Gasteiger partial charge in [0.2, 0.25) is 0 Å². The standard InChI is InChI=1S/C28H45N3.2ClH.Ir/c1-19(2)23-11-9-12-24(20(3)4)27(23)30-17-15-29-16-18-31-28-25(21(5)6)13-10-14-26(28)22(7)8;;;/h9-14,19-22,29-31H,15-18H2,1-8H3;2*1H;/q;;;+2/p-2. The fourth-order valence-electron chi connectivity index (χ4n) is 4.19. The van der Waals surface area contributed by atoms with E-state index in [2.05, 4.69) is 108 Å². The summed E-state index contributed by atoms with van der Waals surface area (Å²) in [6, 6.07) is 13.4. The fourth-order valence-corrected chi connectivity index (χ4v) is 4.19. The van der Waals surface area contributed by atoms with Crippen LogP contribution < -0.4 is 40.8 Å². The van der Waals surface area contributed by atoms with Crippen LogP contribution >= 0.6 is 0 Å². The molecule has 0 atom stereocenters. The Balaban J connectivity index is 0. The summed E-state index contributed by atoms with van der Waals surface area (Å²) in [7, 11) is 0. The van der Waals surface area contributed by atoms with Crippen molar-refractivity contribution in [3.8, 4) is 0 Å². The smallest absolute Gasteiger partial charge is 1.00 e. The van der Waals surface area contributed by atoms with E-state index in [-0.39, 0.29) is 44.9 Å². The van der Waals surface area contributed by atoms with E-state index in [0.29, 0.717) is 23.7 Å². The SMILES string of the molecule is CC(C)c1cccc(C(C)C)c1NCCNCCNc1c(C(C)C)cccc1C(C)C.[Cl-].[Cl-].[Ir+2]. The monoisotopic (exact) mass is 686 g/mol. The second-order valence-corrected chi connectivity index (χ2v) is 9.85. The number of para-hydroxylation sites is 2. The molecule has 0 spiro atoms. The summed E-state index contributed by atoms with van der Waals surface area (Å²) in [5.74, 6) is 2.09. The van der Waals surface area contributed by atoms with Crippen molar-refractivity contribution in [2.75, 3.05) is 36.8 Å². The number of anilines is 2. The van der Waals surface area contributed by atoms with Gasteiger partial charge in [-0.05, 0) is 45.9 Å². The summed E-state index contributed by atoms with van der Waals surface area (Å²) in [5.41, 5.74) is 8.33. The zero-order chi connectivity index (χ0) is 23.0. The molecule has 0 saturated heterocycles. The Labute approximate surface area is 235 Å². The van der Waals surface area contributed by atoms with Crippen molar-refractivity contribution in [1.82, 2.24) is 5.32 Å². The van der Waals surface area contributed by atoms with Gasteiger partial charge in [0.15, 0.2) is 0 Å². The molecule has 0 fully saturated rings. The van der Waals surface area contributed by atoms with Crippen molar-refractivity contribution in [2.24, 2.45) is 0 Å². The summed E-state index contributed by atoms with van der Waals surface area (Å²) in [4.78, 5) is 0. The van der Waals surface area contributed by atoms with E-state index >= 15 is 0 Å². The molecule has 0 amide bonds. The Morgan fingerprint density at radius 2 is 0.765 bits per heavy atom. The number of halogens is 2. The van der Waals surface area contributed by atoms with Crippen molar-refractivity contribution < 1.29 is 44.9 Å². The average molecular weight is 687 g/mol. The van der Waals surface area contributed by atoms with Crippen molar-refractivity contribution in [3.05, 3.63) is 58.7 Å². The van der Waals surface area contributed by atoms with Gasteiger partial charge < -0.3 is 40.8 Å². The van der Waals surface area contributed by atoms with Gasteiger partial charge >= 0.3 is 20.1 Å². The van der Waals surface area contributed by atoms with Crippen LogP contribution in [0, 0.1) is 0 Å². The van der Waals surface area contributed by atoms with Crippen LogP contribution in [0.15, 0.2) is 36.4 Å². The van der Waals surface area contributed by atoms with Crippen molar-refractivity contribution in [3.63, 3.8) is 0 Å². The Morgan fingerprint density at radius 1 is 0.500 bits per heavy atom. The summed E-state index contributed by atoms with van der Waals surface area (Å²) in [6.45, 7) is 22.0. The number of rotatable bonds is 12. The van der Waals surface area contributed by atoms with Crippen LogP contribution in [0.25, 0.3) is 0 Å². The topological polar surface area (TPSA) is 36.1 Å². The first kappa shape index (κ1) is 35.4. The molecular weight excluding hydrogens is 641 g/mol. The molecule has 0 unspecified atom stereocenters. The average Bonchev–Trinajstić information content (AvgIpc) is 2.72. The van der Waals surface area contributed by atoms with E-state index in [9.17, 15) is 0 Å². The van der Waals surface area contributed by atoms with E-state index in [1.165, 1.54) is 33.6 Å². The maximum atomic E-state index is 3.72. The van der Waals surface area contributed by atoms with Crippen molar-refractivity contribution in [2.45, 2.75) is 79.1 Å². The quantitative estimate of drug-likeness (QED) is 0.295. The molecular formula is C28H45Cl2IrN3. The summed E-state index contributed by atoms with van der Waals surface area (Å²) >= 11 is 0. The van der Waals surface area contributed by atoms with E-state index in [1.54, 1.807) is 0 Å². The van der Waals surface area contributed by atoms with Gasteiger partial charge in [-0.15, -0.1) is 0 Å². The molecule has 6 heteroatoms. The van der Waals surface area contributed by atoms with Gasteiger partial charge in [0.1, 0.15) is 0 Å². The van der Waals surface area contributed by atoms with E-state index in [0.717, 1.165) is 26.2 Å². The van der Waals surface area contributed by atoms with Crippen LogP contribution in [-0.4, -0.2) is 26.2 Å². The molecule has 0 saturated carbocycles. The predicted molar refractivity (Wildman–Crippen MR) is 139 cm³/mol. The molecule has 2 aromatic rings. The van der Waals surface area contributed by atoms with Gasteiger partial charge in [0.05, 0.1) is 0 Å². The predicted octanol–water partition coefficient (Wildman–Crippen LogP) is 1.30. The molecule has 1 radical (unpaired) electrons. The van der Waals surface area contributed by atoms with Gasteiger partial charge in [-0.1, -0.05) is 91.8 Å². The molecule has 2 rings (SSSR count). The zero-order valence-electron chi connectivity index (χ0n) is 22.2. The Hall–Kier alpha value is -0.771. The van der Waals surface area contributed by atoms with E-state index in [4.69, 9.17) is 0 Å². The summed E-state index contributed by atoms with van der Waals surface area (Å²) < 4.78 is 0.